The molecular weight excluding hydrogens is 597 g/mol. The summed E-state index contributed by atoms with van der Waals surface area (Å²) in [5.74, 6) is 0.710. The van der Waals surface area contributed by atoms with Crippen molar-refractivity contribution in [3.05, 3.63) is 12.7 Å². The van der Waals surface area contributed by atoms with Crippen LogP contribution in [0.4, 0.5) is 0 Å². The summed E-state index contributed by atoms with van der Waals surface area (Å²) in [4.78, 5) is 30.8. The second kappa shape index (κ2) is 19.2. The minimum absolute atomic E-state index is 0.324. The van der Waals surface area contributed by atoms with Crippen LogP contribution in [0.1, 0.15) is 38.3 Å². The van der Waals surface area contributed by atoms with Gasteiger partial charge in [-0.3, -0.25) is 9.09 Å². The maximum atomic E-state index is 11.1. The lowest BCUT2D eigenvalue weighted by molar-refractivity contribution is -0.134. The first kappa shape index (κ1) is 35.2. The lowest BCUT2D eigenvalue weighted by Gasteiger charge is -2.16. The fraction of sp³-hybridized carbons (Fsp3) is 0.792. The van der Waals surface area contributed by atoms with Crippen LogP contribution in [0.2, 0.25) is 0 Å². The molecule has 3 rings (SSSR count). The van der Waals surface area contributed by atoms with Gasteiger partial charge in [0.2, 0.25) is 0 Å². The Balaban J connectivity index is 1.24. The summed E-state index contributed by atoms with van der Waals surface area (Å²) in [6.45, 7) is 5.58. The number of thioether (sulfide) groups is 1. The van der Waals surface area contributed by atoms with E-state index in [9.17, 15) is 14.8 Å². The predicted octanol–water partition coefficient (Wildman–Crippen LogP) is 0.580. The van der Waals surface area contributed by atoms with E-state index in [0.717, 1.165) is 38.7 Å². The molecule has 42 heavy (non-hydrogen) atoms. The second-order valence-electron chi connectivity index (χ2n) is 9.33. The van der Waals surface area contributed by atoms with Gasteiger partial charge in [-0.05, 0) is 38.6 Å². The van der Waals surface area contributed by atoms with Gasteiger partial charge in [-0.1, -0.05) is 0 Å². The number of aromatic nitrogens is 4. The molecule has 0 spiro atoms. The number of phosphoric ester groups is 1. The predicted molar refractivity (Wildman–Crippen MR) is 151 cm³/mol. The quantitative estimate of drug-likeness (QED) is 0.0485. The summed E-state index contributed by atoms with van der Waals surface area (Å²) in [5.41, 5.74) is 6.19. The number of hydrogen-bond acceptors (Lipinski definition) is 14. The van der Waals surface area contributed by atoms with Crippen LogP contribution in [0, 0.1) is 0 Å². The molecule has 4 atom stereocenters. The van der Waals surface area contributed by atoms with Crippen LogP contribution in [0.3, 0.4) is 0 Å². The van der Waals surface area contributed by atoms with E-state index in [-0.39, 0.29) is 0 Å². The van der Waals surface area contributed by atoms with Crippen LogP contribution in [0.5, 0.6) is 0 Å². The number of fused-ring (bicyclic) bond motifs is 1. The maximum absolute atomic E-state index is 11.1. The van der Waals surface area contributed by atoms with E-state index in [2.05, 4.69) is 19.5 Å². The average molecular weight is 640 g/mol. The van der Waals surface area contributed by atoms with Crippen molar-refractivity contribution in [2.24, 2.45) is 5.73 Å². The van der Waals surface area contributed by atoms with Crippen LogP contribution in [0.15, 0.2) is 17.7 Å². The van der Waals surface area contributed by atoms with Crippen LogP contribution >= 0.6 is 19.6 Å². The van der Waals surface area contributed by atoms with Crippen molar-refractivity contribution in [1.82, 2.24) is 19.5 Å². The smallest absolute Gasteiger partial charge is 0.385 e. The SMILES string of the molecule is NCCCOCCOCCCCCOCCOCCCSc1ncnc2c1ncn2C1OC(OP(=O)(O)O)C(O)C1O. The number of nitrogens with two attached hydrogens (primary N) is 1. The van der Waals surface area contributed by atoms with Gasteiger partial charge in [-0.25, -0.2) is 19.5 Å². The summed E-state index contributed by atoms with van der Waals surface area (Å²) < 4.78 is 44.4. The molecule has 1 fully saturated rings. The van der Waals surface area contributed by atoms with E-state index >= 15 is 0 Å². The van der Waals surface area contributed by atoms with Crippen LogP contribution in [-0.4, -0.2) is 123 Å². The summed E-state index contributed by atoms with van der Waals surface area (Å²) in [7, 11) is -4.95. The van der Waals surface area contributed by atoms with E-state index in [0.29, 0.717) is 74.7 Å². The molecule has 1 aliphatic rings. The van der Waals surface area contributed by atoms with Gasteiger partial charge in [-0.15, -0.1) is 11.8 Å². The van der Waals surface area contributed by atoms with Crippen LogP contribution in [0.25, 0.3) is 11.2 Å². The van der Waals surface area contributed by atoms with Gasteiger partial charge in [0.05, 0.1) is 32.8 Å². The van der Waals surface area contributed by atoms with E-state index < -0.39 is 32.5 Å². The number of phosphoric acid groups is 1. The highest BCUT2D eigenvalue weighted by atomic mass is 32.2. The number of rotatable bonds is 23. The van der Waals surface area contributed by atoms with Crippen molar-refractivity contribution >= 4 is 30.7 Å². The lowest BCUT2D eigenvalue weighted by atomic mass is 10.2. The van der Waals surface area contributed by atoms with Gasteiger partial charge < -0.3 is 49.4 Å². The third kappa shape index (κ3) is 12.0. The Morgan fingerprint density at radius 1 is 0.857 bits per heavy atom. The molecule has 0 amide bonds. The molecule has 0 bridgehead atoms. The summed E-state index contributed by atoms with van der Waals surface area (Å²) in [6.07, 6.45) is 1.18. The van der Waals surface area contributed by atoms with Gasteiger partial charge in [0.1, 0.15) is 29.1 Å². The molecule has 18 heteroatoms. The van der Waals surface area contributed by atoms with E-state index in [1.165, 1.54) is 29.0 Å². The maximum Gasteiger partial charge on any atom is 0.472 e. The molecule has 1 aliphatic heterocycles. The second-order valence-corrected chi connectivity index (χ2v) is 11.6. The van der Waals surface area contributed by atoms with E-state index in [1.54, 1.807) is 0 Å². The zero-order valence-electron chi connectivity index (χ0n) is 23.4. The first-order valence-corrected chi connectivity index (χ1v) is 16.4. The molecule has 6 N–H and O–H groups in total. The Hall–Kier alpha value is -1.31. The van der Waals surface area contributed by atoms with Gasteiger partial charge in [0.25, 0.3) is 0 Å². The number of ether oxygens (including phenoxy) is 5. The zero-order chi connectivity index (χ0) is 30.2. The van der Waals surface area contributed by atoms with Crippen molar-refractivity contribution < 1.29 is 52.8 Å². The minimum Gasteiger partial charge on any atom is -0.385 e. The zero-order valence-corrected chi connectivity index (χ0v) is 25.1. The average Bonchev–Trinajstić information content (AvgIpc) is 3.50. The van der Waals surface area contributed by atoms with Gasteiger partial charge >= 0.3 is 7.82 Å². The van der Waals surface area contributed by atoms with Crippen molar-refractivity contribution in [2.75, 3.05) is 65.2 Å². The third-order valence-corrected chi connectivity index (χ3v) is 7.57. The fourth-order valence-electron chi connectivity index (χ4n) is 3.95. The Morgan fingerprint density at radius 3 is 2.10 bits per heavy atom. The minimum atomic E-state index is -4.95. The number of aliphatic hydroxyl groups excluding tert-OH is 2. The summed E-state index contributed by atoms with van der Waals surface area (Å²) >= 11 is 1.46. The highest BCUT2D eigenvalue weighted by Crippen LogP contribution is 2.43. The number of aliphatic hydroxyl groups is 2. The Labute approximate surface area is 248 Å². The van der Waals surface area contributed by atoms with E-state index in [4.69, 9.17) is 39.2 Å². The number of unbranched alkanes of at least 4 members (excludes halogenated alkanes) is 2. The molecule has 0 radical (unpaired) electrons. The monoisotopic (exact) mass is 639 g/mol. The first-order chi connectivity index (χ1) is 20.3. The van der Waals surface area contributed by atoms with Crippen molar-refractivity contribution in [3.63, 3.8) is 0 Å². The van der Waals surface area contributed by atoms with Crippen molar-refractivity contribution in [2.45, 2.75) is 61.9 Å². The molecule has 3 heterocycles. The number of hydrogen-bond donors (Lipinski definition) is 5. The van der Waals surface area contributed by atoms with Gasteiger partial charge in [0, 0.05) is 32.2 Å². The van der Waals surface area contributed by atoms with Crippen molar-refractivity contribution in [1.29, 1.82) is 0 Å². The van der Waals surface area contributed by atoms with Crippen molar-refractivity contribution in [3.8, 4) is 0 Å². The summed E-state index contributed by atoms with van der Waals surface area (Å²) in [6, 6.07) is 0. The first-order valence-electron chi connectivity index (χ1n) is 13.9. The third-order valence-electron chi connectivity index (χ3n) is 6.02. The number of nitrogens with zero attached hydrogens (tertiary/aromatic N) is 4. The highest BCUT2D eigenvalue weighted by Gasteiger charge is 2.47. The highest BCUT2D eigenvalue weighted by molar-refractivity contribution is 7.99. The topological polar surface area (TPSA) is 223 Å². The van der Waals surface area contributed by atoms with E-state index in [1.807, 2.05) is 0 Å². The Bertz CT molecular complexity index is 1080. The van der Waals surface area contributed by atoms with Crippen LogP contribution < -0.4 is 5.73 Å². The van der Waals surface area contributed by atoms with Gasteiger partial charge in [-0.2, -0.15) is 0 Å². The summed E-state index contributed by atoms with van der Waals surface area (Å²) in [5, 5.41) is 21.1. The lowest BCUT2D eigenvalue weighted by Crippen LogP contribution is -2.32. The van der Waals surface area contributed by atoms with Gasteiger partial charge in [0.15, 0.2) is 18.2 Å². The standard InChI is InChI=1S/C24H42N5O11PS/c25-6-4-9-37-13-11-35-7-2-1-3-8-36-12-14-38-10-5-15-42-22-18-21(26-16-27-22)29(17-28-18)23-19(30)20(31)24(39-23)40-41(32,33)34/h16-17,19-20,23-24,30-31H,1-15,25H2,(H2,32,33,34). The molecule has 2 aromatic heterocycles. The molecule has 0 saturated carbocycles. The molecule has 0 aliphatic carbocycles. The Kier molecular flexibility index (Phi) is 16.0. The molecule has 1 saturated heterocycles. The fourth-order valence-corrected chi connectivity index (χ4v) is 5.25. The Morgan fingerprint density at radius 2 is 1.48 bits per heavy atom. The molecule has 240 valence electrons. The normalized spacial score (nSPS) is 21.1. The molecule has 16 nitrogen and oxygen atoms in total. The largest absolute Gasteiger partial charge is 0.472 e. The molecule has 0 aromatic carbocycles. The number of imidazole rings is 1. The van der Waals surface area contributed by atoms with Crippen LogP contribution in [-0.2, 0) is 32.8 Å². The molecule has 2 aromatic rings. The molecule has 4 unspecified atom stereocenters. The molecular formula is C24H42N5O11PS.